The van der Waals surface area contributed by atoms with Crippen molar-refractivity contribution >= 4 is 12.2 Å². The number of benzene rings is 1. The predicted molar refractivity (Wildman–Crippen MR) is 80.4 cm³/mol. The van der Waals surface area contributed by atoms with Crippen molar-refractivity contribution in [3.63, 3.8) is 0 Å². The van der Waals surface area contributed by atoms with E-state index in [1.807, 2.05) is 26.0 Å². The Kier molecular flexibility index (Phi) is 4.54. The molecule has 0 saturated heterocycles. The van der Waals surface area contributed by atoms with Gasteiger partial charge in [-0.05, 0) is 41.3 Å². The standard InChI is InChI=1S/C17H16F3NO/c1-11(2)15-8-4-12(9-16(15)22)3-6-14-7-5-13(10-21-14)17(18,19)20/h3-11,22H,1-2H3/b6-3+. The Morgan fingerprint density at radius 1 is 1.09 bits per heavy atom. The lowest BCUT2D eigenvalue weighted by Gasteiger charge is -2.08. The maximum atomic E-state index is 12.4. The molecule has 1 aromatic heterocycles. The summed E-state index contributed by atoms with van der Waals surface area (Å²) in [5.74, 6) is 0.423. The highest BCUT2D eigenvalue weighted by Crippen LogP contribution is 2.29. The summed E-state index contributed by atoms with van der Waals surface area (Å²) in [7, 11) is 0. The zero-order valence-electron chi connectivity index (χ0n) is 12.2. The van der Waals surface area contributed by atoms with Crippen LogP contribution in [0.3, 0.4) is 0 Å². The third-order valence-electron chi connectivity index (χ3n) is 3.24. The summed E-state index contributed by atoms with van der Waals surface area (Å²) in [6, 6.07) is 7.60. The number of halogens is 3. The van der Waals surface area contributed by atoms with Crippen LogP contribution >= 0.6 is 0 Å². The first-order valence-corrected chi connectivity index (χ1v) is 6.81. The number of hydrogen-bond acceptors (Lipinski definition) is 2. The summed E-state index contributed by atoms with van der Waals surface area (Å²) in [6.07, 6.45) is -0.282. The monoisotopic (exact) mass is 307 g/mol. The van der Waals surface area contributed by atoms with Crippen molar-refractivity contribution < 1.29 is 18.3 Å². The van der Waals surface area contributed by atoms with Gasteiger partial charge in [0.05, 0.1) is 11.3 Å². The molecule has 0 spiro atoms. The predicted octanol–water partition coefficient (Wildman–Crippen LogP) is 5.10. The molecule has 1 N–H and O–H groups in total. The highest BCUT2D eigenvalue weighted by Gasteiger charge is 2.30. The molecule has 116 valence electrons. The first-order valence-electron chi connectivity index (χ1n) is 6.81. The van der Waals surface area contributed by atoms with Crippen molar-refractivity contribution in [1.82, 2.24) is 4.98 Å². The highest BCUT2D eigenvalue weighted by molar-refractivity contribution is 5.69. The molecule has 0 saturated carbocycles. The van der Waals surface area contributed by atoms with Crippen LogP contribution in [0.1, 0.15) is 42.1 Å². The second-order valence-corrected chi connectivity index (χ2v) is 5.28. The molecule has 5 heteroatoms. The fourth-order valence-electron chi connectivity index (χ4n) is 2.01. The van der Waals surface area contributed by atoms with E-state index < -0.39 is 11.7 Å². The van der Waals surface area contributed by atoms with Gasteiger partial charge in [0.2, 0.25) is 0 Å². The molecule has 0 aliphatic heterocycles. The molecule has 0 unspecified atom stereocenters. The fourth-order valence-corrected chi connectivity index (χ4v) is 2.01. The van der Waals surface area contributed by atoms with Crippen molar-refractivity contribution in [3.8, 4) is 5.75 Å². The van der Waals surface area contributed by atoms with Crippen molar-refractivity contribution in [3.05, 3.63) is 58.9 Å². The third kappa shape index (κ3) is 3.87. The molecule has 0 amide bonds. The summed E-state index contributed by atoms with van der Waals surface area (Å²) in [6.45, 7) is 3.97. The van der Waals surface area contributed by atoms with Crippen LogP contribution in [0, 0.1) is 0 Å². The van der Waals surface area contributed by atoms with Gasteiger partial charge in [0.15, 0.2) is 0 Å². The summed E-state index contributed by atoms with van der Waals surface area (Å²) in [5, 5.41) is 9.91. The molecular formula is C17H16F3NO. The average Bonchev–Trinajstić information content (AvgIpc) is 2.44. The van der Waals surface area contributed by atoms with Gasteiger partial charge in [-0.3, -0.25) is 4.98 Å². The Labute approximate surface area is 126 Å². The quantitative estimate of drug-likeness (QED) is 0.855. The number of pyridine rings is 1. The lowest BCUT2D eigenvalue weighted by molar-refractivity contribution is -0.137. The summed E-state index contributed by atoms with van der Waals surface area (Å²) >= 11 is 0. The van der Waals surface area contributed by atoms with Gasteiger partial charge in [0, 0.05) is 6.20 Å². The van der Waals surface area contributed by atoms with E-state index in [-0.39, 0.29) is 11.7 Å². The van der Waals surface area contributed by atoms with E-state index in [1.54, 1.807) is 18.2 Å². The summed E-state index contributed by atoms with van der Waals surface area (Å²) < 4.78 is 37.3. The van der Waals surface area contributed by atoms with Crippen molar-refractivity contribution in [2.24, 2.45) is 0 Å². The van der Waals surface area contributed by atoms with Crippen molar-refractivity contribution in [1.29, 1.82) is 0 Å². The van der Waals surface area contributed by atoms with Crippen molar-refractivity contribution in [2.75, 3.05) is 0 Å². The lowest BCUT2D eigenvalue weighted by Crippen LogP contribution is -2.05. The van der Waals surface area contributed by atoms with Gasteiger partial charge in [0.1, 0.15) is 5.75 Å². The van der Waals surface area contributed by atoms with Crippen LogP contribution in [0.15, 0.2) is 36.5 Å². The van der Waals surface area contributed by atoms with Gasteiger partial charge < -0.3 is 5.11 Å². The summed E-state index contributed by atoms with van der Waals surface area (Å²) in [5.41, 5.74) is 1.25. The number of alkyl halides is 3. The van der Waals surface area contributed by atoms with Crippen LogP contribution in [-0.2, 0) is 6.18 Å². The Bertz CT molecular complexity index is 673. The average molecular weight is 307 g/mol. The van der Waals surface area contributed by atoms with Crippen LogP contribution in [0.2, 0.25) is 0 Å². The van der Waals surface area contributed by atoms with E-state index in [4.69, 9.17) is 0 Å². The minimum atomic E-state index is -4.38. The Morgan fingerprint density at radius 3 is 2.32 bits per heavy atom. The normalized spacial score (nSPS) is 12.3. The fraction of sp³-hybridized carbons (Fsp3) is 0.235. The molecule has 0 atom stereocenters. The van der Waals surface area contributed by atoms with Crippen LogP contribution in [-0.4, -0.2) is 10.1 Å². The molecule has 0 radical (unpaired) electrons. The molecule has 2 nitrogen and oxygen atoms in total. The molecule has 1 aromatic carbocycles. The molecule has 0 fully saturated rings. The number of phenolic OH excluding ortho intramolecular Hbond substituents is 1. The molecule has 22 heavy (non-hydrogen) atoms. The van der Waals surface area contributed by atoms with Gasteiger partial charge >= 0.3 is 6.18 Å². The second kappa shape index (κ2) is 6.22. The first-order chi connectivity index (χ1) is 10.3. The van der Waals surface area contributed by atoms with E-state index in [0.717, 1.165) is 23.4 Å². The largest absolute Gasteiger partial charge is 0.508 e. The molecular weight excluding hydrogens is 291 g/mol. The van der Waals surface area contributed by atoms with Gasteiger partial charge in [-0.1, -0.05) is 32.1 Å². The van der Waals surface area contributed by atoms with E-state index >= 15 is 0 Å². The minimum absolute atomic E-state index is 0.206. The number of phenols is 1. The molecule has 2 rings (SSSR count). The third-order valence-corrected chi connectivity index (χ3v) is 3.24. The second-order valence-electron chi connectivity index (χ2n) is 5.28. The van der Waals surface area contributed by atoms with Gasteiger partial charge in [-0.2, -0.15) is 13.2 Å². The molecule has 1 heterocycles. The zero-order valence-corrected chi connectivity index (χ0v) is 12.2. The first kappa shape index (κ1) is 16.1. The molecule has 0 aliphatic carbocycles. The van der Waals surface area contributed by atoms with Crippen molar-refractivity contribution in [2.45, 2.75) is 25.9 Å². The minimum Gasteiger partial charge on any atom is -0.508 e. The van der Waals surface area contributed by atoms with Crippen LogP contribution in [0.5, 0.6) is 5.75 Å². The molecule has 2 aromatic rings. The lowest BCUT2D eigenvalue weighted by atomic mass is 10.00. The van der Waals surface area contributed by atoms with Crippen LogP contribution in [0.4, 0.5) is 13.2 Å². The van der Waals surface area contributed by atoms with E-state index in [9.17, 15) is 18.3 Å². The maximum Gasteiger partial charge on any atom is 0.417 e. The number of aromatic nitrogens is 1. The van der Waals surface area contributed by atoms with Gasteiger partial charge in [-0.15, -0.1) is 0 Å². The number of aromatic hydroxyl groups is 1. The Morgan fingerprint density at radius 2 is 1.82 bits per heavy atom. The number of hydrogen-bond donors (Lipinski definition) is 1. The topological polar surface area (TPSA) is 33.1 Å². The Balaban J connectivity index is 2.17. The van der Waals surface area contributed by atoms with Crippen LogP contribution < -0.4 is 0 Å². The SMILES string of the molecule is CC(C)c1ccc(/C=C/c2ccc(C(F)(F)F)cn2)cc1O. The molecule has 0 aliphatic rings. The van der Waals surface area contributed by atoms with E-state index in [1.165, 1.54) is 6.07 Å². The van der Waals surface area contributed by atoms with E-state index in [0.29, 0.717) is 5.69 Å². The van der Waals surface area contributed by atoms with Gasteiger partial charge in [-0.25, -0.2) is 0 Å². The Hall–Kier alpha value is -2.30. The maximum absolute atomic E-state index is 12.4. The van der Waals surface area contributed by atoms with E-state index in [2.05, 4.69) is 4.98 Å². The number of rotatable bonds is 3. The van der Waals surface area contributed by atoms with Crippen LogP contribution in [0.25, 0.3) is 12.2 Å². The zero-order chi connectivity index (χ0) is 16.3. The molecule has 0 bridgehead atoms. The highest BCUT2D eigenvalue weighted by atomic mass is 19.4. The smallest absolute Gasteiger partial charge is 0.417 e. The van der Waals surface area contributed by atoms with Gasteiger partial charge in [0.25, 0.3) is 0 Å². The number of nitrogens with zero attached hydrogens (tertiary/aromatic N) is 1. The summed E-state index contributed by atoms with van der Waals surface area (Å²) in [4.78, 5) is 3.76.